The van der Waals surface area contributed by atoms with Crippen molar-refractivity contribution >= 4 is 11.7 Å². The van der Waals surface area contributed by atoms with Gasteiger partial charge in [0.25, 0.3) is 0 Å². The molecule has 2 aliphatic heterocycles. The Bertz CT molecular complexity index is 583. The van der Waals surface area contributed by atoms with Crippen LogP contribution in [-0.2, 0) is 4.79 Å². The lowest BCUT2D eigenvalue weighted by Gasteiger charge is -2.19. The first kappa shape index (κ1) is 17.1. The second kappa shape index (κ2) is 6.87. The van der Waals surface area contributed by atoms with Crippen LogP contribution in [-0.4, -0.2) is 43.4 Å². The molecule has 0 bridgehead atoms. The molecule has 2 saturated heterocycles. The van der Waals surface area contributed by atoms with Crippen molar-refractivity contribution in [3.05, 3.63) is 29.8 Å². The molecule has 3 rings (SSSR count). The summed E-state index contributed by atoms with van der Waals surface area (Å²) in [5.74, 6) is -1.13. The third-order valence-corrected chi connectivity index (χ3v) is 3.99. The molecule has 0 aliphatic carbocycles. The van der Waals surface area contributed by atoms with E-state index in [-0.39, 0.29) is 0 Å². The van der Waals surface area contributed by atoms with Crippen molar-refractivity contribution in [1.29, 1.82) is 5.26 Å². The number of alkyl halides is 3. The van der Waals surface area contributed by atoms with Gasteiger partial charge in [-0.3, -0.25) is 0 Å². The number of anilines is 1. The summed E-state index contributed by atoms with van der Waals surface area (Å²) in [6.07, 6.45) is -5.08. The predicted octanol–water partition coefficient (Wildman–Crippen LogP) is 1.85. The molecule has 0 radical (unpaired) electrons. The normalized spacial score (nSPS) is 22.8. The zero-order chi connectivity index (χ0) is 17.0. The van der Waals surface area contributed by atoms with Crippen LogP contribution in [0.2, 0.25) is 0 Å². The number of carboxylic acid groups (broad SMARTS) is 1. The van der Waals surface area contributed by atoms with E-state index in [0.717, 1.165) is 43.6 Å². The van der Waals surface area contributed by atoms with E-state index in [2.05, 4.69) is 28.4 Å². The number of fused-ring (bicyclic) bond motifs is 1. The lowest BCUT2D eigenvalue weighted by molar-refractivity contribution is -0.192. The Kier molecular flexibility index (Phi) is 5.11. The van der Waals surface area contributed by atoms with E-state index < -0.39 is 12.1 Å². The van der Waals surface area contributed by atoms with Crippen LogP contribution >= 0.6 is 0 Å². The number of hydrogen-bond acceptors (Lipinski definition) is 4. The van der Waals surface area contributed by atoms with E-state index in [1.807, 2.05) is 12.1 Å². The molecule has 8 heteroatoms. The van der Waals surface area contributed by atoms with Gasteiger partial charge < -0.3 is 15.3 Å². The molecule has 0 unspecified atom stereocenters. The summed E-state index contributed by atoms with van der Waals surface area (Å²) in [6, 6.07) is 10.1. The fourth-order valence-corrected chi connectivity index (χ4v) is 2.81. The molecule has 23 heavy (non-hydrogen) atoms. The van der Waals surface area contributed by atoms with Crippen molar-refractivity contribution in [2.24, 2.45) is 11.8 Å². The van der Waals surface area contributed by atoms with Crippen molar-refractivity contribution in [3.8, 4) is 6.07 Å². The summed E-state index contributed by atoms with van der Waals surface area (Å²) < 4.78 is 31.7. The van der Waals surface area contributed by atoms with E-state index >= 15 is 0 Å². The zero-order valence-electron chi connectivity index (χ0n) is 12.2. The minimum Gasteiger partial charge on any atom is -0.475 e. The van der Waals surface area contributed by atoms with E-state index in [4.69, 9.17) is 15.2 Å². The average molecular weight is 327 g/mol. The topological polar surface area (TPSA) is 76.4 Å². The summed E-state index contributed by atoms with van der Waals surface area (Å²) in [4.78, 5) is 11.3. The van der Waals surface area contributed by atoms with Crippen molar-refractivity contribution in [3.63, 3.8) is 0 Å². The summed E-state index contributed by atoms with van der Waals surface area (Å²) in [6.45, 7) is 4.64. The van der Waals surface area contributed by atoms with Gasteiger partial charge in [-0.15, -0.1) is 0 Å². The molecule has 1 aromatic rings. The van der Waals surface area contributed by atoms with Gasteiger partial charge in [0.1, 0.15) is 0 Å². The fraction of sp³-hybridized carbons (Fsp3) is 0.467. The predicted molar refractivity (Wildman–Crippen MR) is 76.9 cm³/mol. The summed E-state index contributed by atoms with van der Waals surface area (Å²) in [5, 5.41) is 19.3. The summed E-state index contributed by atoms with van der Waals surface area (Å²) in [5.41, 5.74) is 2.00. The molecule has 2 fully saturated rings. The number of carbonyl (C=O) groups is 1. The standard InChI is InChI=1S/C13H15N3.C2HF3O2/c14-5-10-1-3-13(4-2-10)16-8-11-6-15-7-12(11)9-16;3-2(4,5)1(6)7/h1-4,11-12,15H,6-9H2;(H,6,7)/t11-,12+;. The van der Waals surface area contributed by atoms with E-state index in [1.165, 1.54) is 5.69 Å². The third-order valence-electron chi connectivity index (χ3n) is 3.99. The smallest absolute Gasteiger partial charge is 0.475 e. The first-order valence-corrected chi connectivity index (χ1v) is 7.07. The van der Waals surface area contributed by atoms with Gasteiger partial charge in [-0.05, 0) is 36.1 Å². The summed E-state index contributed by atoms with van der Waals surface area (Å²) in [7, 11) is 0. The molecule has 0 spiro atoms. The summed E-state index contributed by atoms with van der Waals surface area (Å²) >= 11 is 0. The van der Waals surface area contributed by atoms with Gasteiger partial charge in [0, 0.05) is 31.9 Å². The quantitative estimate of drug-likeness (QED) is 0.823. The van der Waals surface area contributed by atoms with Gasteiger partial charge in [-0.2, -0.15) is 18.4 Å². The Hall–Kier alpha value is -2.27. The molecule has 2 aliphatic rings. The molecule has 5 nitrogen and oxygen atoms in total. The number of rotatable bonds is 1. The van der Waals surface area contributed by atoms with Gasteiger partial charge in [-0.25, -0.2) is 4.79 Å². The highest BCUT2D eigenvalue weighted by Gasteiger charge is 2.38. The Morgan fingerprint density at radius 2 is 1.70 bits per heavy atom. The number of aliphatic carboxylic acids is 1. The second-order valence-electron chi connectivity index (χ2n) is 5.54. The van der Waals surface area contributed by atoms with Crippen LogP contribution in [0.4, 0.5) is 18.9 Å². The number of hydrogen-bond donors (Lipinski definition) is 2. The van der Waals surface area contributed by atoms with Crippen LogP contribution in [0.3, 0.4) is 0 Å². The molecule has 2 heterocycles. The Morgan fingerprint density at radius 3 is 2.09 bits per heavy atom. The van der Waals surface area contributed by atoms with Gasteiger partial charge in [-0.1, -0.05) is 0 Å². The van der Waals surface area contributed by atoms with E-state index in [1.54, 1.807) is 0 Å². The average Bonchev–Trinajstić information content (AvgIpc) is 3.08. The van der Waals surface area contributed by atoms with Crippen LogP contribution in [0.5, 0.6) is 0 Å². The molecule has 124 valence electrons. The van der Waals surface area contributed by atoms with E-state index in [0.29, 0.717) is 0 Å². The Labute approximate surface area is 131 Å². The fourth-order valence-electron chi connectivity index (χ4n) is 2.81. The molecule has 0 aromatic heterocycles. The first-order valence-electron chi connectivity index (χ1n) is 7.07. The maximum atomic E-state index is 10.6. The van der Waals surface area contributed by atoms with Gasteiger partial charge in [0.15, 0.2) is 0 Å². The highest BCUT2D eigenvalue weighted by Crippen LogP contribution is 2.30. The minimum absolute atomic E-state index is 0.741. The number of benzene rings is 1. The Balaban J connectivity index is 0.000000236. The second-order valence-corrected chi connectivity index (χ2v) is 5.54. The van der Waals surface area contributed by atoms with Crippen LogP contribution in [0.15, 0.2) is 24.3 Å². The lowest BCUT2D eigenvalue weighted by atomic mass is 10.0. The molecule has 1 aromatic carbocycles. The van der Waals surface area contributed by atoms with Gasteiger partial charge >= 0.3 is 12.1 Å². The minimum atomic E-state index is -5.08. The highest BCUT2D eigenvalue weighted by atomic mass is 19.4. The molecule has 2 atom stereocenters. The van der Waals surface area contributed by atoms with Gasteiger partial charge in [0.05, 0.1) is 11.6 Å². The van der Waals surface area contributed by atoms with Crippen LogP contribution in [0.25, 0.3) is 0 Å². The van der Waals surface area contributed by atoms with Crippen molar-refractivity contribution in [2.75, 3.05) is 31.1 Å². The SMILES string of the molecule is N#Cc1ccc(N2C[C@H]3CNC[C@H]3C2)cc1.O=C(O)C(F)(F)F. The van der Waals surface area contributed by atoms with Crippen molar-refractivity contribution < 1.29 is 23.1 Å². The van der Waals surface area contributed by atoms with E-state index in [9.17, 15) is 13.2 Å². The van der Waals surface area contributed by atoms with Crippen molar-refractivity contribution in [1.82, 2.24) is 5.32 Å². The number of nitrogens with one attached hydrogen (secondary N) is 1. The molecular formula is C15H16F3N3O2. The maximum Gasteiger partial charge on any atom is 0.490 e. The molecule has 2 N–H and O–H groups in total. The molecule has 0 saturated carbocycles. The molecular weight excluding hydrogens is 311 g/mol. The van der Waals surface area contributed by atoms with Crippen LogP contribution < -0.4 is 10.2 Å². The maximum absolute atomic E-state index is 10.6. The monoisotopic (exact) mass is 327 g/mol. The lowest BCUT2D eigenvalue weighted by Crippen LogP contribution is -2.25. The third kappa shape index (κ3) is 4.36. The first-order chi connectivity index (χ1) is 10.8. The van der Waals surface area contributed by atoms with Crippen LogP contribution in [0.1, 0.15) is 5.56 Å². The van der Waals surface area contributed by atoms with Crippen molar-refractivity contribution in [2.45, 2.75) is 6.18 Å². The number of nitrogens with zero attached hydrogens (tertiary/aromatic N) is 2. The Morgan fingerprint density at radius 1 is 1.22 bits per heavy atom. The number of halogens is 3. The largest absolute Gasteiger partial charge is 0.490 e. The van der Waals surface area contributed by atoms with Crippen LogP contribution in [0, 0.1) is 23.2 Å². The molecule has 0 amide bonds. The zero-order valence-corrected chi connectivity index (χ0v) is 12.2. The van der Waals surface area contributed by atoms with Gasteiger partial charge in [0.2, 0.25) is 0 Å². The highest BCUT2D eigenvalue weighted by molar-refractivity contribution is 5.73. The number of nitriles is 1. The number of carboxylic acids is 1.